The van der Waals surface area contributed by atoms with E-state index in [2.05, 4.69) is 5.32 Å². The summed E-state index contributed by atoms with van der Waals surface area (Å²) >= 11 is 0. The van der Waals surface area contributed by atoms with Crippen molar-refractivity contribution in [2.24, 2.45) is 0 Å². The number of carbonyl (C=O) groups excluding carboxylic acids is 2. The van der Waals surface area contributed by atoms with Crippen LogP contribution in [0.3, 0.4) is 0 Å². The summed E-state index contributed by atoms with van der Waals surface area (Å²) in [6.07, 6.45) is 8.14. The first-order valence-electron chi connectivity index (χ1n) is 7.43. The number of carbonyl (C=O) groups is 2. The summed E-state index contributed by atoms with van der Waals surface area (Å²) in [4.78, 5) is 21.6. The number of unbranched alkanes of at least 4 members (excludes halogenated alkanes) is 5. The Labute approximate surface area is 113 Å². The van der Waals surface area contributed by atoms with Gasteiger partial charge in [0, 0.05) is 19.4 Å². The zero-order valence-electron chi connectivity index (χ0n) is 12.7. The number of hydrogen-bond acceptors (Lipinski definition) is 2. The molecule has 18 heavy (non-hydrogen) atoms. The number of hydrogen-bond donors (Lipinski definition) is 1. The smallest absolute Gasteiger partial charge is 0.219 e. The van der Waals surface area contributed by atoms with E-state index in [0.717, 1.165) is 32.2 Å². The topological polar surface area (TPSA) is 46.2 Å². The SMILES string of the molecule is CC.CCC(=O)NCCCCCCCCC(C)=O. The molecule has 0 radical (unpaired) electrons. The van der Waals surface area contributed by atoms with Gasteiger partial charge in [-0.2, -0.15) is 0 Å². The lowest BCUT2D eigenvalue weighted by Gasteiger charge is -2.03. The van der Waals surface area contributed by atoms with Crippen LogP contribution in [0.5, 0.6) is 0 Å². The van der Waals surface area contributed by atoms with Gasteiger partial charge in [-0.15, -0.1) is 0 Å². The largest absolute Gasteiger partial charge is 0.356 e. The van der Waals surface area contributed by atoms with Gasteiger partial charge in [-0.05, 0) is 19.8 Å². The molecule has 0 fully saturated rings. The summed E-state index contributed by atoms with van der Waals surface area (Å²) in [6.45, 7) is 8.32. The number of ketones is 1. The summed E-state index contributed by atoms with van der Waals surface area (Å²) in [5.41, 5.74) is 0. The van der Waals surface area contributed by atoms with Crippen molar-refractivity contribution in [2.75, 3.05) is 6.54 Å². The number of rotatable bonds is 10. The van der Waals surface area contributed by atoms with Crippen molar-refractivity contribution in [1.82, 2.24) is 5.32 Å². The van der Waals surface area contributed by atoms with Crippen LogP contribution in [-0.4, -0.2) is 18.2 Å². The first kappa shape index (κ1) is 19.5. The van der Waals surface area contributed by atoms with E-state index in [4.69, 9.17) is 0 Å². The third kappa shape index (κ3) is 17.5. The normalized spacial score (nSPS) is 9.33. The van der Waals surface area contributed by atoms with Crippen LogP contribution >= 0.6 is 0 Å². The summed E-state index contributed by atoms with van der Waals surface area (Å²) in [6, 6.07) is 0. The molecule has 0 aromatic heterocycles. The monoisotopic (exact) mass is 257 g/mol. The molecule has 0 bridgehead atoms. The van der Waals surface area contributed by atoms with Gasteiger partial charge in [0.05, 0.1) is 0 Å². The molecule has 0 spiro atoms. The summed E-state index contributed by atoms with van der Waals surface area (Å²) in [5.74, 6) is 0.434. The predicted octanol–water partition coefficient (Wildman–Crippen LogP) is 3.86. The van der Waals surface area contributed by atoms with E-state index in [1.807, 2.05) is 20.8 Å². The number of nitrogens with one attached hydrogen (secondary N) is 1. The molecule has 1 amide bonds. The highest BCUT2D eigenvalue weighted by Crippen LogP contribution is 2.06. The van der Waals surface area contributed by atoms with Gasteiger partial charge < -0.3 is 10.1 Å². The Morgan fingerprint density at radius 3 is 1.89 bits per heavy atom. The van der Waals surface area contributed by atoms with Crippen molar-refractivity contribution in [2.45, 2.75) is 79.1 Å². The highest BCUT2D eigenvalue weighted by Gasteiger charge is 1.96. The Bertz CT molecular complexity index is 203. The maximum Gasteiger partial charge on any atom is 0.219 e. The second-order valence-electron chi connectivity index (χ2n) is 4.28. The fourth-order valence-electron chi connectivity index (χ4n) is 1.56. The fourth-order valence-corrected chi connectivity index (χ4v) is 1.56. The second-order valence-corrected chi connectivity index (χ2v) is 4.28. The average molecular weight is 257 g/mol. The van der Waals surface area contributed by atoms with Crippen molar-refractivity contribution in [3.05, 3.63) is 0 Å². The Kier molecular flexibility index (Phi) is 17.5. The summed E-state index contributed by atoms with van der Waals surface area (Å²) in [7, 11) is 0. The molecule has 3 heteroatoms. The van der Waals surface area contributed by atoms with Crippen molar-refractivity contribution < 1.29 is 9.59 Å². The molecule has 3 nitrogen and oxygen atoms in total. The van der Waals surface area contributed by atoms with E-state index in [0.29, 0.717) is 12.2 Å². The van der Waals surface area contributed by atoms with E-state index in [9.17, 15) is 9.59 Å². The third-order valence-electron chi connectivity index (χ3n) is 2.60. The molecular formula is C15H31NO2. The lowest BCUT2D eigenvalue weighted by Crippen LogP contribution is -2.23. The average Bonchev–Trinajstić information content (AvgIpc) is 2.38. The van der Waals surface area contributed by atoms with Crippen LogP contribution in [0.1, 0.15) is 79.1 Å². The summed E-state index contributed by atoms with van der Waals surface area (Å²) in [5, 5.41) is 2.87. The first-order chi connectivity index (χ1) is 8.66. The van der Waals surface area contributed by atoms with Gasteiger partial charge in [-0.1, -0.05) is 46.5 Å². The fraction of sp³-hybridized carbons (Fsp3) is 0.867. The zero-order chi connectivity index (χ0) is 14.2. The molecule has 0 saturated heterocycles. The Balaban J connectivity index is 0. The van der Waals surface area contributed by atoms with Crippen LogP contribution in [-0.2, 0) is 9.59 Å². The first-order valence-corrected chi connectivity index (χ1v) is 7.43. The van der Waals surface area contributed by atoms with Crippen molar-refractivity contribution in [1.29, 1.82) is 0 Å². The minimum atomic E-state index is 0.140. The molecule has 0 aliphatic heterocycles. The van der Waals surface area contributed by atoms with Gasteiger partial charge in [-0.3, -0.25) is 4.79 Å². The molecule has 0 aromatic rings. The maximum absolute atomic E-state index is 10.9. The quantitative estimate of drug-likeness (QED) is 0.604. The van der Waals surface area contributed by atoms with E-state index in [-0.39, 0.29) is 5.91 Å². The highest BCUT2D eigenvalue weighted by atomic mass is 16.1. The summed E-state index contributed by atoms with van der Waals surface area (Å²) < 4.78 is 0. The Hall–Kier alpha value is -0.860. The van der Waals surface area contributed by atoms with Gasteiger partial charge in [-0.25, -0.2) is 0 Å². The third-order valence-corrected chi connectivity index (χ3v) is 2.60. The Morgan fingerprint density at radius 2 is 1.39 bits per heavy atom. The van der Waals surface area contributed by atoms with Gasteiger partial charge in [0.1, 0.15) is 5.78 Å². The van der Waals surface area contributed by atoms with Crippen LogP contribution in [0.15, 0.2) is 0 Å². The molecule has 0 saturated carbocycles. The van der Waals surface area contributed by atoms with Crippen molar-refractivity contribution in [3.63, 3.8) is 0 Å². The molecular weight excluding hydrogens is 226 g/mol. The number of Topliss-reactive ketones (excluding diaryl/α,β-unsaturated/α-hetero) is 1. The minimum Gasteiger partial charge on any atom is -0.356 e. The maximum atomic E-state index is 10.9. The Morgan fingerprint density at radius 1 is 0.889 bits per heavy atom. The number of amides is 1. The molecule has 1 N–H and O–H groups in total. The van der Waals surface area contributed by atoms with Crippen LogP contribution < -0.4 is 5.32 Å². The van der Waals surface area contributed by atoms with Crippen LogP contribution in [0.4, 0.5) is 0 Å². The van der Waals surface area contributed by atoms with E-state index >= 15 is 0 Å². The lowest BCUT2D eigenvalue weighted by molar-refractivity contribution is -0.120. The van der Waals surface area contributed by atoms with Crippen LogP contribution in [0.25, 0.3) is 0 Å². The molecule has 0 rings (SSSR count). The molecule has 0 atom stereocenters. The van der Waals surface area contributed by atoms with Gasteiger partial charge in [0.25, 0.3) is 0 Å². The predicted molar refractivity (Wildman–Crippen MR) is 77.6 cm³/mol. The van der Waals surface area contributed by atoms with E-state index < -0.39 is 0 Å². The molecule has 0 unspecified atom stereocenters. The van der Waals surface area contributed by atoms with Crippen LogP contribution in [0, 0.1) is 0 Å². The minimum absolute atomic E-state index is 0.140. The van der Waals surface area contributed by atoms with Gasteiger partial charge in [0.2, 0.25) is 5.91 Å². The standard InChI is InChI=1S/C13H25NO2.C2H6/c1-3-13(16)14-11-9-7-5-4-6-8-10-12(2)15;1-2/h3-11H2,1-2H3,(H,14,16);1-2H3. The molecule has 108 valence electrons. The molecule has 0 aliphatic carbocycles. The lowest BCUT2D eigenvalue weighted by atomic mass is 10.1. The zero-order valence-corrected chi connectivity index (χ0v) is 12.7. The molecule has 0 heterocycles. The van der Waals surface area contributed by atoms with E-state index in [1.165, 1.54) is 19.3 Å². The molecule has 0 aromatic carbocycles. The van der Waals surface area contributed by atoms with Crippen molar-refractivity contribution >= 4 is 11.7 Å². The molecule has 0 aliphatic rings. The highest BCUT2D eigenvalue weighted by molar-refractivity contribution is 5.75. The van der Waals surface area contributed by atoms with Crippen molar-refractivity contribution in [3.8, 4) is 0 Å². The van der Waals surface area contributed by atoms with Crippen LogP contribution in [0.2, 0.25) is 0 Å². The second kappa shape index (κ2) is 16.1. The van der Waals surface area contributed by atoms with Gasteiger partial charge >= 0.3 is 0 Å². The van der Waals surface area contributed by atoms with E-state index in [1.54, 1.807) is 6.92 Å². The van der Waals surface area contributed by atoms with Gasteiger partial charge in [0.15, 0.2) is 0 Å².